The molecule has 0 radical (unpaired) electrons. The lowest BCUT2D eigenvalue weighted by Gasteiger charge is -2.35. The van der Waals surface area contributed by atoms with E-state index in [1.165, 1.54) is 19.2 Å². The van der Waals surface area contributed by atoms with Crippen molar-refractivity contribution in [3.05, 3.63) is 125 Å². The molecular weight excluding hydrogens is 623 g/mol. The van der Waals surface area contributed by atoms with Crippen molar-refractivity contribution in [2.45, 2.75) is 75.9 Å². The van der Waals surface area contributed by atoms with Gasteiger partial charge in [0.15, 0.2) is 0 Å². The van der Waals surface area contributed by atoms with Crippen molar-refractivity contribution in [3.8, 4) is 5.75 Å². The molecule has 0 aliphatic heterocycles. The summed E-state index contributed by atoms with van der Waals surface area (Å²) in [5.41, 5.74) is 4.13. The Balaban J connectivity index is 1.55. The van der Waals surface area contributed by atoms with Gasteiger partial charge in [-0.25, -0.2) is 8.42 Å². The minimum atomic E-state index is -4.20. The van der Waals surface area contributed by atoms with E-state index >= 15 is 0 Å². The maximum Gasteiger partial charge on any atom is 0.264 e. The van der Waals surface area contributed by atoms with E-state index in [0.29, 0.717) is 11.4 Å². The molecule has 1 unspecified atom stereocenters. The van der Waals surface area contributed by atoms with E-state index in [2.05, 4.69) is 5.32 Å². The summed E-state index contributed by atoms with van der Waals surface area (Å²) in [4.78, 5) is 30.5. The summed E-state index contributed by atoms with van der Waals surface area (Å²) in [6, 6.07) is 29.8. The average Bonchev–Trinajstić information content (AvgIpc) is 3.10. The Labute approximate surface area is 284 Å². The number of carbonyl (C=O) groups excluding carboxylic acids is 2. The van der Waals surface area contributed by atoms with E-state index in [0.717, 1.165) is 58.7 Å². The summed E-state index contributed by atoms with van der Waals surface area (Å²) < 4.78 is 34.9. The third kappa shape index (κ3) is 8.83. The first-order valence-corrected chi connectivity index (χ1v) is 18.0. The number of anilines is 1. The van der Waals surface area contributed by atoms with Crippen LogP contribution in [0.5, 0.6) is 5.75 Å². The maximum absolute atomic E-state index is 14.7. The van der Waals surface area contributed by atoms with Crippen LogP contribution in [0.15, 0.2) is 108 Å². The van der Waals surface area contributed by atoms with E-state index in [1.54, 1.807) is 29.2 Å². The molecule has 8 nitrogen and oxygen atoms in total. The highest BCUT2D eigenvalue weighted by Gasteiger charge is 2.35. The van der Waals surface area contributed by atoms with E-state index in [1.807, 2.05) is 80.6 Å². The first-order valence-electron chi connectivity index (χ1n) is 16.6. The van der Waals surface area contributed by atoms with Crippen LogP contribution < -0.4 is 14.4 Å². The molecule has 4 aromatic rings. The van der Waals surface area contributed by atoms with Crippen LogP contribution in [0.25, 0.3) is 0 Å². The fourth-order valence-electron chi connectivity index (χ4n) is 6.10. The molecule has 5 rings (SSSR count). The molecule has 9 heteroatoms. The summed E-state index contributed by atoms with van der Waals surface area (Å²) in [5, 5.41) is 3.25. The molecule has 1 fully saturated rings. The van der Waals surface area contributed by atoms with Crippen molar-refractivity contribution >= 4 is 27.5 Å². The van der Waals surface area contributed by atoms with Gasteiger partial charge < -0.3 is 15.0 Å². The van der Waals surface area contributed by atoms with Gasteiger partial charge >= 0.3 is 0 Å². The van der Waals surface area contributed by atoms with Gasteiger partial charge in [0.2, 0.25) is 11.8 Å². The summed E-state index contributed by atoms with van der Waals surface area (Å²) in [7, 11) is -2.68. The second kappa shape index (κ2) is 16.0. The number of benzene rings is 4. The molecule has 252 valence electrons. The first kappa shape index (κ1) is 34.7. The third-order valence-electron chi connectivity index (χ3n) is 8.94. The number of aryl methyl sites for hydroxylation is 2. The van der Waals surface area contributed by atoms with Crippen LogP contribution in [0.2, 0.25) is 0 Å². The van der Waals surface area contributed by atoms with Crippen molar-refractivity contribution in [1.82, 2.24) is 10.2 Å². The van der Waals surface area contributed by atoms with Gasteiger partial charge in [-0.05, 0) is 74.2 Å². The Bertz CT molecular complexity index is 1750. The zero-order valence-corrected chi connectivity index (χ0v) is 28.8. The SMILES string of the molecule is COc1ccc(S(=O)(=O)N(CC(=O)N(Cc2ccc(C)cc2)C(Cc2ccccc2)C(=O)NC2CCCCC2)c2ccc(C)cc2)cc1. The third-order valence-corrected chi connectivity index (χ3v) is 10.7. The van der Waals surface area contributed by atoms with E-state index < -0.39 is 28.5 Å². The van der Waals surface area contributed by atoms with Crippen LogP contribution in [-0.4, -0.2) is 50.9 Å². The molecule has 0 aromatic heterocycles. The molecule has 0 spiro atoms. The van der Waals surface area contributed by atoms with Gasteiger partial charge in [-0.1, -0.05) is 97.1 Å². The van der Waals surface area contributed by atoms with Crippen LogP contribution in [0.3, 0.4) is 0 Å². The smallest absolute Gasteiger partial charge is 0.264 e. The van der Waals surface area contributed by atoms with Gasteiger partial charge in [-0.2, -0.15) is 0 Å². The molecule has 1 atom stereocenters. The van der Waals surface area contributed by atoms with Gasteiger partial charge in [0, 0.05) is 19.0 Å². The fourth-order valence-corrected chi connectivity index (χ4v) is 7.52. The zero-order chi connectivity index (χ0) is 34.1. The Morgan fingerprint density at radius 3 is 2.00 bits per heavy atom. The first-order chi connectivity index (χ1) is 23.1. The molecule has 48 heavy (non-hydrogen) atoms. The number of ether oxygens (including phenoxy) is 1. The Morgan fingerprint density at radius 1 is 0.792 bits per heavy atom. The lowest BCUT2D eigenvalue weighted by molar-refractivity contribution is -0.140. The minimum absolute atomic E-state index is 0.0256. The lowest BCUT2D eigenvalue weighted by atomic mass is 9.94. The highest BCUT2D eigenvalue weighted by molar-refractivity contribution is 7.92. The van der Waals surface area contributed by atoms with Crippen molar-refractivity contribution in [2.75, 3.05) is 18.0 Å². The minimum Gasteiger partial charge on any atom is -0.497 e. The van der Waals surface area contributed by atoms with Crippen molar-refractivity contribution in [3.63, 3.8) is 0 Å². The van der Waals surface area contributed by atoms with Crippen LogP contribution >= 0.6 is 0 Å². The quantitative estimate of drug-likeness (QED) is 0.174. The maximum atomic E-state index is 14.7. The molecular formula is C39H45N3O5S. The van der Waals surface area contributed by atoms with Gasteiger partial charge in [0.05, 0.1) is 17.7 Å². The standard InChI is InChI=1S/C39H45N3O5S/c1-29-14-18-32(19-15-29)27-41(37(26-31-10-6-4-7-11-31)39(44)40-33-12-8-5-9-13-33)38(43)28-42(34-20-16-30(2)17-21-34)48(45,46)36-24-22-35(47-3)23-25-36/h4,6-7,10-11,14-25,33,37H,5,8-9,12-13,26-28H2,1-3H3,(H,40,44). The number of hydrogen-bond donors (Lipinski definition) is 1. The van der Waals surface area contributed by atoms with Gasteiger partial charge in [0.25, 0.3) is 10.0 Å². The summed E-state index contributed by atoms with van der Waals surface area (Å²) >= 11 is 0. The molecule has 0 saturated heterocycles. The Hall–Kier alpha value is -4.63. The van der Waals surface area contributed by atoms with Crippen molar-refractivity contribution in [2.24, 2.45) is 0 Å². The molecule has 1 aliphatic rings. The molecule has 4 aromatic carbocycles. The van der Waals surface area contributed by atoms with Crippen LogP contribution in [0.1, 0.15) is 54.4 Å². The van der Waals surface area contributed by atoms with Gasteiger partial charge in [-0.3, -0.25) is 13.9 Å². The van der Waals surface area contributed by atoms with Crippen molar-refractivity contribution < 1.29 is 22.7 Å². The van der Waals surface area contributed by atoms with E-state index in [-0.39, 0.29) is 29.8 Å². The van der Waals surface area contributed by atoms with Crippen molar-refractivity contribution in [1.29, 1.82) is 0 Å². The molecule has 1 N–H and O–H groups in total. The molecule has 0 bridgehead atoms. The number of nitrogens with one attached hydrogen (secondary N) is 1. The van der Waals surface area contributed by atoms with Crippen LogP contribution in [0.4, 0.5) is 5.69 Å². The number of hydrogen-bond acceptors (Lipinski definition) is 5. The normalized spacial score (nSPS) is 14.1. The fraction of sp³-hybridized carbons (Fsp3) is 0.333. The zero-order valence-electron chi connectivity index (χ0n) is 28.0. The Morgan fingerprint density at radius 2 is 1.40 bits per heavy atom. The molecule has 0 heterocycles. The number of rotatable bonds is 13. The molecule has 2 amide bonds. The number of methoxy groups -OCH3 is 1. The number of amides is 2. The molecule has 1 saturated carbocycles. The highest BCUT2D eigenvalue weighted by atomic mass is 32.2. The lowest BCUT2D eigenvalue weighted by Crippen LogP contribution is -2.55. The topological polar surface area (TPSA) is 96.0 Å². The average molecular weight is 668 g/mol. The highest BCUT2D eigenvalue weighted by Crippen LogP contribution is 2.27. The predicted octanol–water partition coefficient (Wildman–Crippen LogP) is 6.60. The van der Waals surface area contributed by atoms with Crippen LogP contribution in [-0.2, 0) is 32.6 Å². The predicted molar refractivity (Wildman–Crippen MR) is 189 cm³/mol. The van der Waals surface area contributed by atoms with E-state index in [9.17, 15) is 18.0 Å². The summed E-state index contributed by atoms with van der Waals surface area (Å²) in [6.45, 7) is 3.55. The summed E-state index contributed by atoms with van der Waals surface area (Å²) in [6.07, 6.45) is 5.33. The number of sulfonamides is 1. The monoisotopic (exact) mass is 667 g/mol. The van der Waals surface area contributed by atoms with E-state index in [4.69, 9.17) is 4.74 Å². The largest absolute Gasteiger partial charge is 0.497 e. The second-order valence-electron chi connectivity index (χ2n) is 12.6. The molecule has 1 aliphatic carbocycles. The summed E-state index contributed by atoms with van der Waals surface area (Å²) in [5.74, 6) is -0.192. The van der Waals surface area contributed by atoms with Crippen LogP contribution in [0, 0.1) is 13.8 Å². The van der Waals surface area contributed by atoms with Gasteiger partial charge in [0.1, 0.15) is 18.3 Å². The van der Waals surface area contributed by atoms with Gasteiger partial charge in [-0.15, -0.1) is 0 Å². The number of nitrogens with zero attached hydrogens (tertiary/aromatic N) is 2. The number of carbonyl (C=O) groups is 2. The second-order valence-corrected chi connectivity index (χ2v) is 14.4. The Kier molecular flexibility index (Phi) is 11.5.